The molecule has 1 atom stereocenters. The van der Waals surface area contributed by atoms with Crippen LogP contribution in [0, 0.1) is 6.92 Å². The molecule has 0 radical (unpaired) electrons. The lowest BCUT2D eigenvalue weighted by Gasteiger charge is -2.15. The molecule has 0 bridgehead atoms. The molecule has 0 aliphatic carbocycles. The molecule has 2 aromatic rings. The molecule has 0 spiro atoms. The van der Waals surface area contributed by atoms with Crippen molar-refractivity contribution in [2.24, 2.45) is 0 Å². The van der Waals surface area contributed by atoms with Crippen LogP contribution in [0.2, 0.25) is 0 Å². The van der Waals surface area contributed by atoms with Crippen molar-refractivity contribution in [2.75, 3.05) is 20.8 Å². The highest BCUT2D eigenvalue weighted by Gasteiger charge is 2.18. The van der Waals surface area contributed by atoms with Crippen LogP contribution in [0.4, 0.5) is 0 Å². The summed E-state index contributed by atoms with van der Waals surface area (Å²) in [6.45, 7) is 1.51. The molecule has 0 aromatic heterocycles. The van der Waals surface area contributed by atoms with E-state index in [2.05, 4.69) is 0 Å². The van der Waals surface area contributed by atoms with Gasteiger partial charge < -0.3 is 14.6 Å². The fourth-order valence-electron chi connectivity index (χ4n) is 2.30. The van der Waals surface area contributed by atoms with Gasteiger partial charge in [0, 0.05) is 12.0 Å². The van der Waals surface area contributed by atoms with E-state index in [0.29, 0.717) is 17.1 Å². The molecule has 2 rings (SSSR count). The second kappa shape index (κ2) is 8.33. The minimum absolute atomic E-state index is 0.0595. The van der Waals surface area contributed by atoms with Gasteiger partial charge in [-0.25, -0.2) is 0 Å². The molecule has 2 aromatic carbocycles. The first-order valence-electron chi connectivity index (χ1n) is 7.71. The van der Waals surface area contributed by atoms with Crippen molar-refractivity contribution in [1.82, 2.24) is 0 Å². The van der Waals surface area contributed by atoms with Gasteiger partial charge in [0.1, 0.15) is 11.5 Å². The first kappa shape index (κ1) is 19.2. The summed E-state index contributed by atoms with van der Waals surface area (Å²) in [6.07, 6.45) is -0.842. The number of aryl methyl sites for hydroxylation is 1. The Bertz CT molecular complexity index is 799. The molecule has 0 aliphatic rings. The highest BCUT2D eigenvalue weighted by atomic mass is 32.2. The smallest absolute Gasteiger partial charge is 0.297 e. The zero-order chi connectivity index (χ0) is 18.4. The largest absolute Gasteiger partial charge is 0.497 e. The maximum Gasteiger partial charge on any atom is 0.297 e. The minimum Gasteiger partial charge on any atom is -0.497 e. The number of hydrogen-bond acceptors (Lipinski definition) is 6. The van der Waals surface area contributed by atoms with Crippen LogP contribution in [-0.4, -0.2) is 40.5 Å². The number of ether oxygens (including phenoxy) is 2. The van der Waals surface area contributed by atoms with Gasteiger partial charge in [0.2, 0.25) is 0 Å². The normalized spacial score (nSPS) is 12.6. The summed E-state index contributed by atoms with van der Waals surface area (Å²) >= 11 is 0. The highest BCUT2D eigenvalue weighted by Crippen LogP contribution is 2.25. The number of rotatable bonds is 8. The molecule has 6 nitrogen and oxygen atoms in total. The van der Waals surface area contributed by atoms with Gasteiger partial charge in [-0.05, 0) is 37.3 Å². The third-order valence-corrected chi connectivity index (χ3v) is 4.96. The van der Waals surface area contributed by atoms with Crippen molar-refractivity contribution in [2.45, 2.75) is 24.3 Å². The summed E-state index contributed by atoms with van der Waals surface area (Å²) in [7, 11) is -0.844. The lowest BCUT2D eigenvalue weighted by molar-refractivity contribution is 0.110. The average molecular weight is 366 g/mol. The first-order chi connectivity index (χ1) is 11.9. The monoisotopic (exact) mass is 366 g/mol. The average Bonchev–Trinajstić information content (AvgIpc) is 2.60. The number of hydrogen-bond donors (Lipinski definition) is 1. The predicted molar refractivity (Wildman–Crippen MR) is 93.6 cm³/mol. The van der Waals surface area contributed by atoms with Crippen molar-refractivity contribution in [3.8, 4) is 11.5 Å². The lowest BCUT2D eigenvalue weighted by Crippen LogP contribution is -2.21. The molecule has 0 amide bonds. The molecule has 136 valence electrons. The van der Waals surface area contributed by atoms with Crippen LogP contribution in [0.1, 0.15) is 11.1 Å². The van der Waals surface area contributed by atoms with E-state index < -0.39 is 16.2 Å². The molecular weight excluding hydrogens is 344 g/mol. The molecule has 1 N–H and O–H groups in total. The SMILES string of the molecule is COc1ccc(OC)c(C[C@@H](O)COS(=O)(=O)c2ccc(C)cc2)c1. The Kier molecular flexibility index (Phi) is 6.41. The molecule has 7 heteroatoms. The Morgan fingerprint density at radius 1 is 1.04 bits per heavy atom. The van der Waals surface area contributed by atoms with Gasteiger partial charge in [-0.1, -0.05) is 17.7 Å². The molecule has 0 fully saturated rings. The second-order valence-corrected chi connectivity index (χ2v) is 7.20. The Labute approximate surface area is 148 Å². The Morgan fingerprint density at radius 2 is 1.72 bits per heavy atom. The second-order valence-electron chi connectivity index (χ2n) is 5.59. The zero-order valence-electron chi connectivity index (χ0n) is 14.4. The summed E-state index contributed by atoms with van der Waals surface area (Å²) in [4.78, 5) is 0.0595. The van der Waals surface area contributed by atoms with Crippen molar-refractivity contribution < 1.29 is 27.2 Å². The third-order valence-electron chi connectivity index (χ3n) is 3.67. The summed E-state index contributed by atoms with van der Waals surface area (Å²) in [6, 6.07) is 11.5. The molecule has 0 heterocycles. The topological polar surface area (TPSA) is 82.1 Å². The van der Waals surface area contributed by atoms with Crippen LogP contribution in [0.3, 0.4) is 0 Å². The number of aliphatic hydroxyl groups is 1. The number of aliphatic hydroxyl groups excluding tert-OH is 1. The van der Waals surface area contributed by atoms with E-state index in [1.54, 1.807) is 37.4 Å². The standard InChI is InChI=1S/C18H22O6S/c1-13-4-7-17(8-5-13)25(20,21)24-12-15(19)10-14-11-16(22-2)6-9-18(14)23-3/h4-9,11,15,19H,10,12H2,1-3H3/t15-/m1/s1. The third kappa shape index (κ3) is 5.19. The van der Waals surface area contributed by atoms with Crippen LogP contribution >= 0.6 is 0 Å². The first-order valence-corrected chi connectivity index (χ1v) is 9.11. The molecular formula is C18H22O6S. The number of benzene rings is 2. The molecule has 0 saturated carbocycles. The fourth-order valence-corrected chi connectivity index (χ4v) is 3.24. The predicted octanol–water partition coefficient (Wildman–Crippen LogP) is 2.32. The van der Waals surface area contributed by atoms with E-state index >= 15 is 0 Å². The van der Waals surface area contributed by atoms with Crippen molar-refractivity contribution in [1.29, 1.82) is 0 Å². The highest BCUT2D eigenvalue weighted by molar-refractivity contribution is 7.86. The Morgan fingerprint density at radius 3 is 2.32 bits per heavy atom. The molecule has 0 saturated heterocycles. The van der Waals surface area contributed by atoms with E-state index in [0.717, 1.165) is 5.56 Å². The zero-order valence-corrected chi connectivity index (χ0v) is 15.2. The summed E-state index contributed by atoms with van der Waals surface area (Å²) < 4.78 is 39.7. The molecule has 25 heavy (non-hydrogen) atoms. The Hall–Kier alpha value is -2.09. The summed E-state index contributed by atoms with van der Waals surface area (Å²) in [5.74, 6) is 1.21. The van der Waals surface area contributed by atoms with Crippen LogP contribution in [0.5, 0.6) is 11.5 Å². The van der Waals surface area contributed by atoms with Gasteiger partial charge >= 0.3 is 0 Å². The number of methoxy groups -OCH3 is 2. The van der Waals surface area contributed by atoms with Crippen molar-refractivity contribution in [3.63, 3.8) is 0 Å². The van der Waals surface area contributed by atoms with Crippen LogP contribution < -0.4 is 9.47 Å². The van der Waals surface area contributed by atoms with Crippen LogP contribution in [-0.2, 0) is 20.7 Å². The van der Waals surface area contributed by atoms with Crippen molar-refractivity contribution in [3.05, 3.63) is 53.6 Å². The fraction of sp³-hybridized carbons (Fsp3) is 0.333. The lowest BCUT2D eigenvalue weighted by atomic mass is 10.1. The van der Waals surface area contributed by atoms with Gasteiger partial charge in [0.05, 0.1) is 31.8 Å². The van der Waals surface area contributed by atoms with E-state index in [4.69, 9.17) is 13.7 Å². The van der Waals surface area contributed by atoms with Gasteiger partial charge in [0.15, 0.2) is 0 Å². The van der Waals surface area contributed by atoms with Crippen molar-refractivity contribution >= 4 is 10.1 Å². The maximum absolute atomic E-state index is 12.1. The molecule has 0 aliphatic heterocycles. The maximum atomic E-state index is 12.1. The Balaban J connectivity index is 2.03. The summed E-state index contributed by atoms with van der Waals surface area (Å²) in [5, 5.41) is 10.2. The minimum atomic E-state index is -3.91. The van der Waals surface area contributed by atoms with Gasteiger partial charge in [0.25, 0.3) is 10.1 Å². The van der Waals surface area contributed by atoms with E-state index in [-0.39, 0.29) is 17.9 Å². The summed E-state index contributed by atoms with van der Waals surface area (Å²) in [5.41, 5.74) is 1.65. The van der Waals surface area contributed by atoms with Gasteiger partial charge in [-0.2, -0.15) is 8.42 Å². The van der Waals surface area contributed by atoms with Crippen LogP contribution in [0.25, 0.3) is 0 Å². The van der Waals surface area contributed by atoms with Gasteiger partial charge in [-0.3, -0.25) is 4.18 Å². The van der Waals surface area contributed by atoms with E-state index in [1.807, 2.05) is 6.92 Å². The van der Waals surface area contributed by atoms with E-state index in [1.165, 1.54) is 19.2 Å². The van der Waals surface area contributed by atoms with Crippen LogP contribution in [0.15, 0.2) is 47.4 Å². The molecule has 0 unspecified atom stereocenters. The van der Waals surface area contributed by atoms with Gasteiger partial charge in [-0.15, -0.1) is 0 Å². The quantitative estimate of drug-likeness (QED) is 0.722. The van der Waals surface area contributed by atoms with E-state index in [9.17, 15) is 13.5 Å².